The van der Waals surface area contributed by atoms with Crippen molar-refractivity contribution in [1.29, 1.82) is 0 Å². The Morgan fingerprint density at radius 3 is 2.43 bits per heavy atom. The van der Waals surface area contributed by atoms with E-state index in [2.05, 4.69) is 28.0 Å². The van der Waals surface area contributed by atoms with Crippen LogP contribution in [0.2, 0.25) is 5.02 Å². The summed E-state index contributed by atoms with van der Waals surface area (Å²) in [6.07, 6.45) is 0. The zero-order chi connectivity index (χ0) is 17.1. The molecule has 0 saturated heterocycles. The van der Waals surface area contributed by atoms with Gasteiger partial charge >= 0.3 is 0 Å². The van der Waals surface area contributed by atoms with E-state index in [1.165, 1.54) is 12.1 Å². The van der Waals surface area contributed by atoms with Crippen LogP contribution in [0.1, 0.15) is 31.8 Å². The SMILES string of the molecule is Cc1ccc(C(=O)N(C)NC(=O)c2c(C)cccc2Cl)cc1I. The molecule has 0 radical (unpaired) electrons. The van der Waals surface area contributed by atoms with Crippen LogP contribution in [0.4, 0.5) is 0 Å². The zero-order valence-corrected chi connectivity index (χ0v) is 15.9. The molecule has 0 unspecified atom stereocenters. The first-order valence-corrected chi connectivity index (χ1v) is 8.37. The van der Waals surface area contributed by atoms with Crippen molar-refractivity contribution in [3.63, 3.8) is 0 Å². The highest BCUT2D eigenvalue weighted by Gasteiger charge is 2.18. The number of hydrogen-bond donors (Lipinski definition) is 1. The smallest absolute Gasteiger partial charge is 0.267 e. The van der Waals surface area contributed by atoms with Crippen molar-refractivity contribution in [2.45, 2.75) is 13.8 Å². The number of hydrogen-bond acceptors (Lipinski definition) is 2. The van der Waals surface area contributed by atoms with E-state index in [0.717, 1.165) is 14.7 Å². The van der Waals surface area contributed by atoms with Crippen LogP contribution in [0.25, 0.3) is 0 Å². The molecule has 0 fully saturated rings. The van der Waals surface area contributed by atoms with E-state index < -0.39 is 5.91 Å². The molecule has 2 aromatic rings. The van der Waals surface area contributed by atoms with Crippen molar-refractivity contribution < 1.29 is 9.59 Å². The molecule has 4 nitrogen and oxygen atoms in total. The normalized spacial score (nSPS) is 10.3. The third kappa shape index (κ3) is 4.03. The van der Waals surface area contributed by atoms with Gasteiger partial charge in [-0.3, -0.25) is 20.0 Å². The third-order valence-corrected chi connectivity index (χ3v) is 4.92. The molecule has 0 aliphatic heterocycles. The first-order valence-electron chi connectivity index (χ1n) is 6.91. The summed E-state index contributed by atoms with van der Waals surface area (Å²) in [6, 6.07) is 10.6. The fraction of sp³-hybridized carbons (Fsp3) is 0.176. The van der Waals surface area contributed by atoms with Gasteiger partial charge in [0.2, 0.25) is 0 Å². The Bertz CT molecular complexity index is 757. The van der Waals surface area contributed by atoms with Crippen molar-refractivity contribution in [2.24, 2.45) is 0 Å². The molecule has 0 atom stereocenters. The summed E-state index contributed by atoms with van der Waals surface area (Å²) in [4.78, 5) is 24.8. The summed E-state index contributed by atoms with van der Waals surface area (Å²) in [6.45, 7) is 3.77. The second-order valence-corrected chi connectivity index (χ2v) is 6.77. The topological polar surface area (TPSA) is 49.4 Å². The molecule has 23 heavy (non-hydrogen) atoms. The molecule has 0 saturated carbocycles. The Morgan fingerprint density at radius 1 is 1.13 bits per heavy atom. The van der Waals surface area contributed by atoms with Crippen LogP contribution in [0.15, 0.2) is 36.4 Å². The maximum atomic E-state index is 12.4. The molecule has 0 aliphatic carbocycles. The molecule has 2 amide bonds. The van der Waals surface area contributed by atoms with E-state index in [1.807, 2.05) is 13.0 Å². The summed E-state index contributed by atoms with van der Waals surface area (Å²) in [5, 5.41) is 1.53. The molecule has 0 heterocycles. The third-order valence-electron chi connectivity index (χ3n) is 3.44. The molecule has 0 spiro atoms. The lowest BCUT2D eigenvalue weighted by Crippen LogP contribution is -2.43. The second kappa shape index (κ2) is 7.31. The highest BCUT2D eigenvalue weighted by atomic mass is 127. The monoisotopic (exact) mass is 442 g/mol. The Labute approximate surface area is 153 Å². The van der Waals surface area contributed by atoms with Gasteiger partial charge in [-0.05, 0) is 65.8 Å². The molecule has 0 aromatic heterocycles. The maximum absolute atomic E-state index is 12.4. The average molecular weight is 443 g/mol. The van der Waals surface area contributed by atoms with Gasteiger partial charge < -0.3 is 0 Å². The highest BCUT2D eigenvalue weighted by molar-refractivity contribution is 14.1. The van der Waals surface area contributed by atoms with Gasteiger partial charge in [-0.15, -0.1) is 0 Å². The molecule has 6 heteroatoms. The van der Waals surface area contributed by atoms with Crippen molar-refractivity contribution in [3.8, 4) is 0 Å². The van der Waals surface area contributed by atoms with E-state index in [9.17, 15) is 9.59 Å². The lowest BCUT2D eigenvalue weighted by atomic mass is 10.1. The zero-order valence-electron chi connectivity index (χ0n) is 13.0. The summed E-state index contributed by atoms with van der Waals surface area (Å²) in [5.41, 5.74) is 5.30. The van der Waals surface area contributed by atoms with Crippen molar-refractivity contribution in [3.05, 3.63) is 67.2 Å². The molecule has 0 bridgehead atoms. The quantitative estimate of drug-likeness (QED) is 0.565. The van der Waals surface area contributed by atoms with Crippen molar-refractivity contribution >= 4 is 46.0 Å². The van der Waals surface area contributed by atoms with E-state index in [4.69, 9.17) is 11.6 Å². The largest absolute Gasteiger partial charge is 0.272 e. The van der Waals surface area contributed by atoms with Gasteiger partial charge in [0.05, 0.1) is 10.6 Å². The fourth-order valence-electron chi connectivity index (χ4n) is 2.10. The van der Waals surface area contributed by atoms with Crippen LogP contribution in [0, 0.1) is 17.4 Å². The Hall–Kier alpha value is -1.60. The summed E-state index contributed by atoms with van der Waals surface area (Å²) < 4.78 is 0.995. The number of benzene rings is 2. The van der Waals surface area contributed by atoms with Gasteiger partial charge in [-0.2, -0.15) is 0 Å². The number of aryl methyl sites for hydroxylation is 2. The fourth-order valence-corrected chi connectivity index (χ4v) is 2.92. The number of halogens is 2. The highest BCUT2D eigenvalue weighted by Crippen LogP contribution is 2.19. The maximum Gasteiger partial charge on any atom is 0.272 e. The average Bonchev–Trinajstić information content (AvgIpc) is 2.49. The second-order valence-electron chi connectivity index (χ2n) is 5.20. The lowest BCUT2D eigenvalue weighted by molar-refractivity contribution is 0.0636. The number of nitrogens with zero attached hydrogens (tertiary/aromatic N) is 1. The number of rotatable bonds is 2. The minimum Gasteiger partial charge on any atom is -0.267 e. The van der Waals surface area contributed by atoms with Crippen LogP contribution >= 0.6 is 34.2 Å². The summed E-state index contributed by atoms with van der Waals surface area (Å²) >= 11 is 8.25. The number of carbonyl (C=O) groups is 2. The minimum absolute atomic E-state index is 0.291. The predicted octanol–water partition coefficient (Wildman–Crippen LogP) is 3.98. The van der Waals surface area contributed by atoms with Crippen molar-refractivity contribution in [2.75, 3.05) is 7.05 Å². The first-order chi connectivity index (χ1) is 10.8. The van der Waals surface area contributed by atoms with E-state index >= 15 is 0 Å². The van der Waals surface area contributed by atoms with Crippen LogP contribution in [0.3, 0.4) is 0 Å². The van der Waals surface area contributed by atoms with Gasteiger partial charge in [0, 0.05) is 16.2 Å². The van der Waals surface area contributed by atoms with Crippen LogP contribution in [0.5, 0.6) is 0 Å². The van der Waals surface area contributed by atoms with Gasteiger partial charge in [0.25, 0.3) is 11.8 Å². The molecular weight excluding hydrogens is 427 g/mol. The van der Waals surface area contributed by atoms with E-state index in [0.29, 0.717) is 16.1 Å². The van der Waals surface area contributed by atoms with Gasteiger partial charge in [-0.25, -0.2) is 0 Å². The Kier molecular flexibility index (Phi) is 5.64. The summed E-state index contributed by atoms with van der Waals surface area (Å²) in [5.74, 6) is -0.702. The molecule has 1 N–H and O–H groups in total. The predicted molar refractivity (Wildman–Crippen MR) is 99.6 cm³/mol. The van der Waals surface area contributed by atoms with Crippen molar-refractivity contribution in [1.82, 2.24) is 10.4 Å². The molecule has 0 aliphatic rings. The van der Waals surface area contributed by atoms with Crippen LogP contribution < -0.4 is 5.43 Å². The number of nitrogens with one attached hydrogen (secondary N) is 1. The lowest BCUT2D eigenvalue weighted by Gasteiger charge is -2.19. The Morgan fingerprint density at radius 2 is 1.83 bits per heavy atom. The number of carbonyl (C=O) groups excluding carboxylic acids is 2. The van der Waals surface area contributed by atoms with Gasteiger partial charge in [0.1, 0.15) is 0 Å². The molecule has 2 aromatic carbocycles. The summed E-state index contributed by atoms with van der Waals surface area (Å²) in [7, 11) is 1.51. The number of amides is 2. The van der Waals surface area contributed by atoms with Crippen LogP contribution in [-0.2, 0) is 0 Å². The van der Waals surface area contributed by atoms with E-state index in [1.54, 1.807) is 37.3 Å². The Balaban J connectivity index is 2.17. The standard InChI is InChI=1S/C17H16ClIN2O2/c1-10-7-8-12(9-14(10)19)17(23)21(3)20-16(22)15-11(2)5-4-6-13(15)18/h4-9H,1-3H3,(H,20,22). The molecule has 2 rings (SSSR count). The van der Waals surface area contributed by atoms with E-state index in [-0.39, 0.29) is 5.91 Å². The molecule has 120 valence electrons. The molecular formula is C17H16ClIN2O2. The first kappa shape index (κ1) is 17.7. The van der Waals surface area contributed by atoms with Crippen LogP contribution in [-0.4, -0.2) is 23.9 Å². The number of hydrazine groups is 1. The van der Waals surface area contributed by atoms with Gasteiger partial charge in [-0.1, -0.05) is 29.8 Å². The van der Waals surface area contributed by atoms with Gasteiger partial charge in [0.15, 0.2) is 0 Å². The minimum atomic E-state index is -0.411.